The summed E-state index contributed by atoms with van der Waals surface area (Å²) in [5.41, 5.74) is 0.837. The molecule has 21 heavy (non-hydrogen) atoms. The van der Waals surface area contributed by atoms with E-state index < -0.39 is 11.4 Å². The van der Waals surface area contributed by atoms with E-state index in [0.717, 1.165) is 15.7 Å². The van der Waals surface area contributed by atoms with Crippen LogP contribution >= 0.6 is 15.9 Å². The first-order valence-electron chi connectivity index (χ1n) is 6.87. The highest BCUT2D eigenvalue weighted by Crippen LogP contribution is 2.30. The molecule has 0 aromatic heterocycles. The number of likely N-dealkylation sites (tertiary alicyclic amines) is 1. The molecule has 1 aromatic rings. The highest BCUT2D eigenvalue weighted by Gasteiger charge is 2.39. The lowest BCUT2D eigenvalue weighted by Crippen LogP contribution is -2.49. The van der Waals surface area contributed by atoms with Gasteiger partial charge in [0.25, 0.3) is 0 Å². The number of anilines is 1. The van der Waals surface area contributed by atoms with Gasteiger partial charge in [-0.15, -0.1) is 0 Å². The molecule has 0 saturated carbocycles. The van der Waals surface area contributed by atoms with Crippen molar-refractivity contribution >= 4 is 33.6 Å². The summed E-state index contributed by atoms with van der Waals surface area (Å²) >= 11 is 3.38. The van der Waals surface area contributed by atoms with Gasteiger partial charge in [0.05, 0.1) is 5.41 Å². The average Bonchev–Trinajstić information content (AvgIpc) is 2.42. The molecule has 0 aliphatic carbocycles. The molecule has 1 aliphatic heterocycles. The van der Waals surface area contributed by atoms with Gasteiger partial charge in [-0.05, 0) is 44.4 Å². The minimum atomic E-state index is -0.859. The van der Waals surface area contributed by atoms with Crippen LogP contribution < -0.4 is 5.32 Å². The second kappa shape index (κ2) is 6.05. The molecule has 1 aromatic carbocycles. The minimum Gasteiger partial charge on any atom is -0.481 e. The van der Waals surface area contributed by atoms with E-state index in [1.807, 2.05) is 25.1 Å². The van der Waals surface area contributed by atoms with Gasteiger partial charge in [-0.3, -0.25) is 4.79 Å². The number of piperidine rings is 1. The molecular weight excluding hydrogens is 336 g/mol. The molecular formula is C15H19BrN2O3. The maximum Gasteiger partial charge on any atom is 0.321 e. The van der Waals surface area contributed by atoms with Crippen LogP contribution in [0.3, 0.4) is 0 Å². The maximum atomic E-state index is 12.3. The Labute approximate surface area is 132 Å². The molecule has 0 bridgehead atoms. The second-order valence-corrected chi connectivity index (χ2v) is 6.70. The number of benzene rings is 1. The second-order valence-electron chi connectivity index (χ2n) is 5.78. The third-order valence-corrected chi connectivity index (χ3v) is 4.43. The van der Waals surface area contributed by atoms with Crippen molar-refractivity contribution in [2.75, 3.05) is 18.4 Å². The van der Waals surface area contributed by atoms with Gasteiger partial charge in [0.15, 0.2) is 0 Å². The summed E-state index contributed by atoms with van der Waals surface area (Å²) in [7, 11) is 0. The Hall–Kier alpha value is -1.56. The van der Waals surface area contributed by atoms with Gasteiger partial charge in [0, 0.05) is 23.2 Å². The van der Waals surface area contributed by atoms with Gasteiger partial charge in [0.2, 0.25) is 0 Å². The molecule has 6 heteroatoms. The van der Waals surface area contributed by atoms with Crippen molar-refractivity contribution in [3.8, 4) is 0 Å². The van der Waals surface area contributed by atoms with Crippen molar-refractivity contribution in [3.05, 3.63) is 28.2 Å². The number of nitrogens with zero attached hydrogens (tertiary/aromatic N) is 1. The molecule has 2 rings (SSSR count). The van der Waals surface area contributed by atoms with Crippen LogP contribution in [-0.4, -0.2) is 35.1 Å². The third kappa shape index (κ3) is 3.56. The number of hydrogen-bond donors (Lipinski definition) is 2. The van der Waals surface area contributed by atoms with Crippen molar-refractivity contribution in [2.24, 2.45) is 5.41 Å². The largest absolute Gasteiger partial charge is 0.481 e. The normalized spacial score (nSPS) is 22.0. The van der Waals surface area contributed by atoms with Gasteiger partial charge in [0.1, 0.15) is 0 Å². The van der Waals surface area contributed by atoms with E-state index in [1.54, 1.807) is 11.8 Å². The Morgan fingerprint density at radius 1 is 1.43 bits per heavy atom. The summed E-state index contributed by atoms with van der Waals surface area (Å²) in [6.45, 7) is 4.43. The number of aliphatic carboxylic acids is 1. The molecule has 1 heterocycles. The van der Waals surface area contributed by atoms with Crippen LogP contribution in [0, 0.1) is 12.3 Å². The summed E-state index contributed by atoms with van der Waals surface area (Å²) in [6, 6.07) is 5.42. The van der Waals surface area contributed by atoms with Crippen molar-refractivity contribution in [1.29, 1.82) is 0 Å². The molecule has 5 nitrogen and oxygen atoms in total. The highest BCUT2D eigenvalue weighted by molar-refractivity contribution is 9.10. The fourth-order valence-corrected chi connectivity index (χ4v) is 2.87. The number of hydrogen-bond acceptors (Lipinski definition) is 2. The number of carbonyl (C=O) groups is 2. The predicted octanol–water partition coefficient (Wildman–Crippen LogP) is 3.48. The molecule has 1 unspecified atom stereocenters. The molecule has 0 spiro atoms. The summed E-state index contributed by atoms with van der Waals surface area (Å²) < 4.78 is 0.886. The Morgan fingerprint density at radius 2 is 2.14 bits per heavy atom. The van der Waals surface area contributed by atoms with E-state index in [0.29, 0.717) is 19.4 Å². The van der Waals surface area contributed by atoms with E-state index in [1.165, 1.54) is 0 Å². The van der Waals surface area contributed by atoms with Gasteiger partial charge in [-0.2, -0.15) is 0 Å². The first-order chi connectivity index (χ1) is 9.82. The Kier molecular flexibility index (Phi) is 4.56. The highest BCUT2D eigenvalue weighted by atomic mass is 79.9. The van der Waals surface area contributed by atoms with Crippen molar-refractivity contribution in [1.82, 2.24) is 4.90 Å². The van der Waals surface area contributed by atoms with E-state index in [-0.39, 0.29) is 12.6 Å². The number of rotatable bonds is 2. The van der Waals surface area contributed by atoms with Crippen LogP contribution in [0.25, 0.3) is 0 Å². The monoisotopic (exact) mass is 354 g/mol. The van der Waals surface area contributed by atoms with E-state index in [9.17, 15) is 14.7 Å². The number of carboxylic acids is 1. The zero-order valence-electron chi connectivity index (χ0n) is 12.1. The molecule has 114 valence electrons. The zero-order chi connectivity index (χ0) is 15.6. The fraction of sp³-hybridized carbons (Fsp3) is 0.467. The van der Waals surface area contributed by atoms with Crippen LogP contribution in [0.2, 0.25) is 0 Å². The lowest BCUT2D eigenvalue weighted by Gasteiger charge is -2.37. The van der Waals surface area contributed by atoms with Crippen LogP contribution in [-0.2, 0) is 4.79 Å². The molecule has 1 atom stereocenters. The summed E-state index contributed by atoms with van der Waals surface area (Å²) in [5.74, 6) is -0.848. The van der Waals surface area contributed by atoms with Crippen molar-refractivity contribution in [3.63, 3.8) is 0 Å². The van der Waals surface area contributed by atoms with E-state index >= 15 is 0 Å². The van der Waals surface area contributed by atoms with Gasteiger partial charge in [-0.25, -0.2) is 4.79 Å². The van der Waals surface area contributed by atoms with Crippen LogP contribution in [0.5, 0.6) is 0 Å². The number of halogens is 1. The number of carbonyl (C=O) groups excluding carboxylic acids is 1. The topological polar surface area (TPSA) is 69.6 Å². The predicted molar refractivity (Wildman–Crippen MR) is 84.4 cm³/mol. The molecule has 0 radical (unpaired) electrons. The molecule has 1 aliphatic rings. The zero-order valence-corrected chi connectivity index (χ0v) is 13.7. The lowest BCUT2D eigenvalue weighted by atomic mass is 9.82. The fourth-order valence-electron chi connectivity index (χ4n) is 2.51. The number of nitrogens with one attached hydrogen (secondary N) is 1. The number of urea groups is 1. The number of amides is 2. The van der Waals surface area contributed by atoms with Crippen LogP contribution in [0.4, 0.5) is 10.5 Å². The molecule has 1 saturated heterocycles. The average molecular weight is 355 g/mol. The van der Waals surface area contributed by atoms with E-state index in [4.69, 9.17) is 0 Å². The maximum absolute atomic E-state index is 12.3. The summed E-state index contributed by atoms with van der Waals surface area (Å²) in [4.78, 5) is 25.3. The third-order valence-electron chi connectivity index (χ3n) is 3.94. The Morgan fingerprint density at radius 3 is 2.81 bits per heavy atom. The van der Waals surface area contributed by atoms with Crippen molar-refractivity contribution in [2.45, 2.75) is 26.7 Å². The SMILES string of the molecule is Cc1ccc(Br)cc1NC(=O)N1CCCC(C)(C(=O)O)C1. The number of aryl methyl sites for hydroxylation is 1. The summed E-state index contributed by atoms with van der Waals surface area (Å²) in [6.07, 6.45) is 1.30. The Balaban J connectivity index is 2.10. The first-order valence-corrected chi connectivity index (χ1v) is 7.67. The number of carboxylic acid groups (broad SMARTS) is 1. The van der Waals surface area contributed by atoms with Crippen LogP contribution in [0.1, 0.15) is 25.3 Å². The molecule has 2 N–H and O–H groups in total. The standard InChI is InChI=1S/C15H19BrN2O3/c1-10-4-5-11(16)8-12(10)17-14(21)18-7-3-6-15(2,9-18)13(19)20/h4-5,8H,3,6-7,9H2,1-2H3,(H,17,21)(H,19,20). The summed E-state index contributed by atoms with van der Waals surface area (Å²) in [5, 5.41) is 12.2. The van der Waals surface area contributed by atoms with Crippen LogP contribution in [0.15, 0.2) is 22.7 Å². The Bertz CT molecular complexity index is 576. The van der Waals surface area contributed by atoms with Gasteiger partial charge < -0.3 is 15.3 Å². The van der Waals surface area contributed by atoms with E-state index in [2.05, 4.69) is 21.2 Å². The molecule has 2 amide bonds. The minimum absolute atomic E-state index is 0.237. The smallest absolute Gasteiger partial charge is 0.321 e. The van der Waals surface area contributed by atoms with Gasteiger partial charge >= 0.3 is 12.0 Å². The van der Waals surface area contributed by atoms with Crippen molar-refractivity contribution < 1.29 is 14.7 Å². The van der Waals surface area contributed by atoms with Gasteiger partial charge in [-0.1, -0.05) is 22.0 Å². The first kappa shape index (κ1) is 15.8. The quantitative estimate of drug-likeness (QED) is 0.853. The lowest BCUT2D eigenvalue weighted by molar-refractivity contribution is -0.150. The molecule has 1 fully saturated rings.